The summed E-state index contributed by atoms with van der Waals surface area (Å²) in [5.74, 6) is -1.82. The van der Waals surface area contributed by atoms with Crippen LogP contribution in [0.15, 0.2) is 16.2 Å². The molecule has 6 heteroatoms. The van der Waals surface area contributed by atoms with E-state index in [0.29, 0.717) is 16.8 Å². The Balaban J connectivity index is 2.78. The van der Waals surface area contributed by atoms with Crippen molar-refractivity contribution in [1.29, 1.82) is 0 Å². The summed E-state index contributed by atoms with van der Waals surface area (Å²) in [7, 11) is 0. The number of aromatic carboxylic acids is 1. The van der Waals surface area contributed by atoms with Gasteiger partial charge in [-0.25, -0.2) is 4.79 Å². The predicted octanol–water partition coefficient (Wildman–Crippen LogP) is 2.27. The molecule has 0 bridgehead atoms. The van der Waals surface area contributed by atoms with Gasteiger partial charge in [0.05, 0.1) is 10.2 Å². The van der Waals surface area contributed by atoms with Crippen molar-refractivity contribution in [2.24, 2.45) is 0 Å². The van der Waals surface area contributed by atoms with Gasteiger partial charge in [0, 0.05) is 6.54 Å². The maximum atomic E-state index is 12.1. The lowest BCUT2D eigenvalue weighted by Gasteiger charge is -2.10. The van der Waals surface area contributed by atoms with Crippen LogP contribution >= 0.6 is 11.3 Å². The maximum Gasteiger partial charge on any atom is 0.345 e. The van der Waals surface area contributed by atoms with Crippen molar-refractivity contribution < 1.29 is 15.0 Å². The number of aryl methyl sites for hydroxylation is 1. The molecule has 0 aromatic carbocycles. The molecule has 2 rings (SSSR count). The normalized spacial score (nSPS) is 10.9. The van der Waals surface area contributed by atoms with Crippen LogP contribution in [-0.4, -0.2) is 20.7 Å². The molecular weight excluding hydrogens is 254 g/mol. The molecule has 0 saturated heterocycles. The average Bonchev–Trinajstić information content (AvgIpc) is 2.77. The van der Waals surface area contributed by atoms with Crippen LogP contribution in [0.2, 0.25) is 0 Å². The fourth-order valence-corrected chi connectivity index (χ4v) is 2.73. The van der Waals surface area contributed by atoms with Crippen molar-refractivity contribution in [3.63, 3.8) is 0 Å². The maximum absolute atomic E-state index is 12.1. The number of pyridine rings is 1. The second-order valence-electron chi connectivity index (χ2n) is 3.97. The van der Waals surface area contributed by atoms with Crippen molar-refractivity contribution in [1.82, 2.24) is 4.57 Å². The smallest absolute Gasteiger partial charge is 0.345 e. The van der Waals surface area contributed by atoms with Crippen LogP contribution in [0.5, 0.6) is 5.75 Å². The second-order valence-corrected chi connectivity index (χ2v) is 4.89. The first-order chi connectivity index (χ1) is 8.57. The molecule has 0 fully saturated rings. The van der Waals surface area contributed by atoms with Crippen LogP contribution in [0.25, 0.3) is 10.2 Å². The summed E-state index contributed by atoms with van der Waals surface area (Å²) in [4.78, 5) is 23.1. The molecule has 2 heterocycles. The lowest BCUT2D eigenvalue weighted by molar-refractivity contribution is 0.0691. The number of aromatic hydroxyl groups is 1. The molecule has 0 radical (unpaired) electrons. The number of unbranched alkanes of at least 4 members (excludes halogenated alkanes) is 1. The van der Waals surface area contributed by atoms with Crippen LogP contribution in [0.3, 0.4) is 0 Å². The molecule has 0 spiro atoms. The van der Waals surface area contributed by atoms with Crippen molar-refractivity contribution in [3.8, 4) is 5.75 Å². The van der Waals surface area contributed by atoms with E-state index in [2.05, 4.69) is 0 Å². The summed E-state index contributed by atoms with van der Waals surface area (Å²) in [6, 6.07) is 1.72. The van der Waals surface area contributed by atoms with Crippen molar-refractivity contribution in [3.05, 3.63) is 27.4 Å². The van der Waals surface area contributed by atoms with E-state index in [1.165, 1.54) is 15.9 Å². The zero-order valence-electron chi connectivity index (χ0n) is 9.84. The minimum absolute atomic E-state index is 0.426. The quantitative estimate of drug-likeness (QED) is 0.890. The number of thiophene rings is 1. The Morgan fingerprint density at radius 3 is 2.83 bits per heavy atom. The molecule has 2 aromatic heterocycles. The van der Waals surface area contributed by atoms with Gasteiger partial charge >= 0.3 is 5.97 Å². The van der Waals surface area contributed by atoms with Crippen LogP contribution < -0.4 is 5.56 Å². The minimum Gasteiger partial charge on any atom is -0.505 e. The Kier molecular flexibility index (Phi) is 3.38. The average molecular weight is 267 g/mol. The number of carbonyl (C=O) groups is 1. The van der Waals surface area contributed by atoms with Gasteiger partial charge in [-0.05, 0) is 17.9 Å². The number of rotatable bonds is 4. The SMILES string of the molecule is CCCCn1c(=O)c(C(=O)O)c(O)c2sccc21. The molecular formula is C12H13NO4S. The standard InChI is InChI=1S/C12H13NO4S/c1-2-3-5-13-7-4-6-18-10(7)9(14)8(11(13)15)12(16)17/h4,6,14H,2-3,5H2,1H3,(H,16,17). The molecule has 2 N–H and O–H groups in total. The largest absolute Gasteiger partial charge is 0.505 e. The van der Waals surface area contributed by atoms with Gasteiger partial charge in [-0.15, -0.1) is 11.3 Å². The van der Waals surface area contributed by atoms with E-state index >= 15 is 0 Å². The molecule has 96 valence electrons. The van der Waals surface area contributed by atoms with E-state index in [9.17, 15) is 14.7 Å². The van der Waals surface area contributed by atoms with Gasteiger partial charge in [0.25, 0.3) is 5.56 Å². The topological polar surface area (TPSA) is 79.5 Å². The summed E-state index contributed by atoms with van der Waals surface area (Å²) >= 11 is 1.23. The Morgan fingerprint density at radius 1 is 1.50 bits per heavy atom. The van der Waals surface area contributed by atoms with E-state index in [1.54, 1.807) is 11.4 Å². The summed E-state index contributed by atoms with van der Waals surface area (Å²) in [5.41, 5.74) is -0.582. The molecule has 2 aromatic rings. The third-order valence-corrected chi connectivity index (χ3v) is 3.71. The van der Waals surface area contributed by atoms with Crippen LogP contribution in [0.4, 0.5) is 0 Å². The molecule has 0 aliphatic carbocycles. The second kappa shape index (κ2) is 4.81. The van der Waals surface area contributed by atoms with Gasteiger partial charge < -0.3 is 14.8 Å². The highest BCUT2D eigenvalue weighted by atomic mass is 32.1. The Morgan fingerprint density at radius 2 is 2.22 bits per heavy atom. The predicted molar refractivity (Wildman–Crippen MR) is 69.6 cm³/mol. The van der Waals surface area contributed by atoms with E-state index < -0.39 is 22.8 Å². The lowest BCUT2D eigenvalue weighted by atomic mass is 10.2. The summed E-state index contributed by atoms with van der Waals surface area (Å²) in [6.45, 7) is 2.46. The van der Waals surface area contributed by atoms with Crippen molar-refractivity contribution in [2.75, 3.05) is 0 Å². The number of hydrogen-bond acceptors (Lipinski definition) is 4. The highest BCUT2D eigenvalue weighted by molar-refractivity contribution is 7.17. The van der Waals surface area contributed by atoms with Crippen LogP contribution in [0.1, 0.15) is 30.1 Å². The van der Waals surface area contributed by atoms with E-state index in [4.69, 9.17) is 5.11 Å². The first kappa shape index (κ1) is 12.6. The Hall–Kier alpha value is -1.82. The van der Waals surface area contributed by atoms with Crippen LogP contribution in [-0.2, 0) is 6.54 Å². The van der Waals surface area contributed by atoms with Crippen molar-refractivity contribution >= 4 is 27.5 Å². The van der Waals surface area contributed by atoms with Crippen molar-refractivity contribution in [2.45, 2.75) is 26.3 Å². The van der Waals surface area contributed by atoms with Gasteiger partial charge in [0.1, 0.15) is 0 Å². The van der Waals surface area contributed by atoms with Gasteiger partial charge in [-0.2, -0.15) is 0 Å². The summed E-state index contributed by atoms with van der Waals surface area (Å²) in [5, 5.41) is 20.6. The molecule has 0 amide bonds. The third-order valence-electron chi connectivity index (χ3n) is 2.80. The fraction of sp³-hybridized carbons (Fsp3) is 0.333. The number of aromatic nitrogens is 1. The van der Waals surface area contributed by atoms with Gasteiger partial charge in [0.15, 0.2) is 11.3 Å². The molecule has 5 nitrogen and oxygen atoms in total. The third kappa shape index (κ3) is 1.88. The van der Waals surface area contributed by atoms with E-state index in [-0.39, 0.29) is 0 Å². The number of hydrogen-bond donors (Lipinski definition) is 2. The van der Waals surface area contributed by atoms with Gasteiger partial charge in [-0.3, -0.25) is 4.79 Å². The molecule has 0 aliphatic heterocycles. The molecule has 0 saturated carbocycles. The highest BCUT2D eigenvalue weighted by Gasteiger charge is 2.21. The summed E-state index contributed by atoms with van der Waals surface area (Å²) < 4.78 is 1.88. The first-order valence-corrected chi connectivity index (χ1v) is 6.52. The monoisotopic (exact) mass is 267 g/mol. The zero-order valence-corrected chi connectivity index (χ0v) is 10.7. The molecule has 0 unspecified atom stereocenters. The number of fused-ring (bicyclic) bond motifs is 1. The minimum atomic E-state index is -1.39. The van der Waals surface area contributed by atoms with Gasteiger partial charge in [-0.1, -0.05) is 13.3 Å². The van der Waals surface area contributed by atoms with E-state index in [0.717, 1.165) is 12.8 Å². The highest BCUT2D eigenvalue weighted by Crippen LogP contribution is 2.31. The fourth-order valence-electron chi connectivity index (χ4n) is 1.88. The molecule has 0 atom stereocenters. The Bertz CT molecular complexity index is 656. The number of carboxylic acids is 1. The number of nitrogens with zero attached hydrogens (tertiary/aromatic N) is 1. The summed E-state index contributed by atoms with van der Waals surface area (Å²) in [6.07, 6.45) is 1.69. The van der Waals surface area contributed by atoms with Gasteiger partial charge in [0.2, 0.25) is 0 Å². The molecule has 18 heavy (non-hydrogen) atoms. The molecule has 0 aliphatic rings. The lowest BCUT2D eigenvalue weighted by Crippen LogP contribution is -2.26. The zero-order chi connectivity index (χ0) is 13.3. The van der Waals surface area contributed by atoms with Crippen LogP contribution in [0, 0.1) is 0 Å². The first-order valence-electron chi connectivity index (χ1n) is 5.64. The van der Waals surface area contributed by atoms with E-state index in [1.807, 2.05) is 6.92 Å². The Labute approximate surface area is 107 Å². The number of carboxylic acid groups (broad SMARTS) is 1.